The third-order valence-electron chi connectivity index (χ3n) is 5.27. The number of amides is 2. The number of nitrogens with zero attached hydrogens (tertiary/aromatic N) is 1. The second-order valence-electron chi connectivity index (χ2n) is 7.53. The summed E-state index contributed by atoms with van der Waals surface area (Å²) in [7, 11) is -2.18. The summed E-state index contributed by atoms with van der Waals surface area (Å²) in [5.41, 5.74) is 0.116. The molecule has 2 aromatic rings. The molecule has 2 aromatic carbocycles. The Kier molecular flexibility index (Phi) is 8.10. The topological polar surface area (TPSA) is 92.8 Å². The van der Waals surface area contributed by atoms with Gasteiger partial charge in [0, 0.05) is 30.1 Å². The number of halogens is 2. The lowest BCUT2D eigenvalue weighted by atomic mass is 10.1. The van der Waals surface area contributed by atoms with Gasteiger partial charge in [0.2, 0.25) is 5.91 Å². The second kappa shape index (κ2) is 10.8. The number of carbonyl (C=O) groups excluding carboxylic acids is 2. The van der Waals surface area contributed by atoms with Gasteiger partial charge in [0.05, 0.1) is 23.5 Å². The minimum Gasteiger partial charge on any atom is -0.496 e. The maximum Gasteiger partial charge on any atom is 0.257 e. The molecule has 1 unspecified atom stereocenters. The molecule has 0 aliphatic carbocycles. The molecule has 33 heavy (non-hydrogen) atoms. The van der Waals surface area contributed by atoms with E-state index in [1.165, 1.54) is 54.5 Å². The summed E-state index contributed by atoms with van der Waals surface area (Å²) >= 11 is 5.77. The maximum absolute atomic E-state index is 13.6. The number of carbonyl (C=O) groups is 2. The van der Waals surface area contributed by atoms with Gasteiger partial charge in [-0.25, -0.2) is 12.8 Å². The van der Waals surface area contributed by atoms with Crippen LogP contribution in [0.5, 0.6) is 5.75 Å². The molecule has 1 fully saturated rings. The fraction of sp³-hybridized carbons (Fsp3) is 0.304. The molecule has 176 valence electrons. The standard InChI is InChI=1S/C23H24ClFN2O5S/c1-32-21-9-6-18(25)14-20(21)23(29)27-12-10-16(15-27)22(28)26-11-2-3-13-33(30,31)19-7-4-17(24)5-8-19/h3-9,13-14,16H,2,10-12,15H2,1H3,(H,26,28)/b13-3+. The number of sulfone groups is 1. The van der Waals surface area contributed by atoms with E-state index in [4.69, 9.17) is 16.3 Å². The SMILES string of the molecule is COc1ccc(F)cc1C(=O)N1CCC(C(=O)NCC/C=C/S(=O)(=O)c2ccc(Cl)cc2)C1. The molecule has 0 bridgehead atoms. The average Bonchev–Trinajstić information content (AvgIpc) is 3.29. The number of likely N-dealkylation sites (tertiary alicyclic amines) is 1. The molecule has 1 atom stereocenters. The highest BCUT2D eigenvalue weighted by molar-refractivity contribution is 7.94. The first-order chi connectivity index (χ1) is 15.7. The van der Waals surface area contributed by atoms with Crippen LogP contribution in [0, 0.1) is 11.7 Å². The third kappa shape index (κ3) is 6.33. The van der Waals surface area contributed by atoms with E-state index in [1.54, 1.807) is 0 Å². The molecule has 7 nitrogen and oxygen atoms in total. The normalized spacial score (nSPS) is 16.2. The van der Waals surface area contributed by atoms with Crippen molar-refractivity contribution in [2.75, 3.05) is 26.7 Å². The van der Waals surface area contributed by atoms with Crippen LogP contribution in [0.1, 0.15) is 23.2 Å². The molecule has 2 amide bonds. The van der Waals surface area contributed by atoms with E-state index in [1.807, 2.05) is 0 Å². The molecule has 0 spiro atoms. The van der Waals surface area contributed by atoms with Gasteiger partial charge in [-0.3, -0.25) is 9.59 Å². The number of rotatable bonds is 8. The minimum absolute atomic E-state index is 0.116. The van der Waals surface area contributed by atoms with Gasteiger partial charge in [-0.15, -0.1) is 0 Å². The average molecular weight is 495 g/mol. The van der Waals surface area contributed by atoms with E-state index in [0.717, 1.165) is 11.5 Å². The predicted octanol–water partition coefficient (Wildman–Crippen LogP) is 3.44. The molecule has 1 N–H and O–H groups in total. The van der Waals surface area contributed by atoms with Gasteiger partial charge in [0.25, 0.3) is 5.91 Å². The van der Waals surface area contributed by atoms with E-state index in [0.29, 0.717) is 24.4 Å². The van der Waals surface area contributed by atoms with Gasteiger partial charge < -0.3 is 15.0 Å². The first-order valence-corrected chi connectivity index (χ1v) is 12.2. The van der Waals surface area contributed by atoms with Crippen molar-refractivity contribution in [3.63, 3.8) is 0 Å². The van der Waals surface area contributed by atoms with Gasteiger partial charge >= 0.3 is 0 Å². The Bertz CT molecular complexity index is 1150. The Hall–Kier alpha value is -2.91. The van der Waals surface area contributed by atoms with Crippen LogP contribution in [0.2, 0.25) is 5.02 Å². The van der Waals surface area contributed by atoms with Crippen molar-refractivity contribution < 1.29 is 27.1 Å². The van der Waals surface area contributed by atoms with Crippen molar-refractivity contribution in [2.45, 2.75) is 17.7 Å². The van der Waals surface area contributed by atoms with Gasteiger partial charge in [0.15, 0.2) is 9.84 Å². The molecule has 10 heteroatoms. The van der Waals surface area contributed by atoms with Crippen LogP contribution in [0.4, 0.5) is 4.39 Å². The molecule has 1 aliphatic rings. The largest absolute Gasteiger partial charge is 0.496 e. The summed E-state index contributed by atoms with van der Waals surface area (Å²) in [6, 6.07) is 9.59. The van der Waals surface area contributed by atoms with Crippen molar-refractivity contribution in [2.24, 2.45) is 5.92 Å². The van der Waals surface area contributed by atoms with E-state index < -0.39 is 27.5 Å². The van der Waals surface area contributed by atoms with Crippen molar-refractivity contribution in [3.8, 4) is 5.75 Å². The van der Waals surface area contributed by atoms with Crippen LogP contribution in [-0.2, 0) is 14.6 Å². The molecule has 0 radical (unpaired) electrons. The van der Waals surface area contributed by atoms with E-state index >= 15 is 0 Å². The summed E-state index contributed by atoms with van der Waals surface area (Å²) in [6.45, 7) is 0.842. The maximum atomic E-state index is 13.6. The predicted molar refractivity (Wildman–Crippen MR) is 122 cm³/mol. The molecule has 0 aromatic heterocycles. The molecular weight excluding hydrogens is 471 g/mol. The first-order valence-electron chi connectivity index (χ1n) is 10.3. The number of ether oxygens (including phenoxy) is 1. The van der Waals surface area contributed by atoms with Crippen LogP contribution in [-0.4, -0.2) is 51.9 Å². The van der Waals surface area contributed by atoms with Crippen LogP contribution in [0.15, 0.2) is 58.8 Å². The number of hydrogen-bond acceptors (Lipinski definition) is 5. The lowest BCUT2D eigenvalue weighted by Crippen LogP contribution is -2.35. The summed E-state index contributed by atoms with van der Waals surface area (Å²) in [5, 5.41) is 4.31. The third-order valence-corrected chi connectivity index (χ3v) is 7.00. The summed E-state index contributed by atoms with van der Waals surface area (Å²) in [4.78, 5) is 26.8. The zero-order chi connectivity index (χ0) is 24.0. The molecule has 3 rings (SSSR count). The lowest BCUT2D eigenvalue weighted by Gasteiger charge is -2.18. The van der Waals surface area contributed by atoms with Crippen LogP contribution in [0.3, 0.4) is 0 Å². The van der Waals surface area contributed by atoms with Gasteiger partial charge in [-0.2, -0.15) is 0 Å². The first kappa shape index (κ1) is 24.7. The molecule has 1 heterocycles. The Balaban J connectivity index is 1.48. The quantitative estimate of drug-likeness (QED) is 0.567. The monoisotopic (exact) mass is 494 g/mol. The van der Waals surface area contributed by atoms with Crippen molar-refractivity contribution in [1.82, 2.24) is 10.2 Å². The summed E-state index contributed by atoms with van der Waals surface area (Å²) in [5.74, 6) is -1.27. The highest BCUT2D eigenvalue weighted by Gasteiger charge is 2.32. The Morgan fingerprint density at radius 1 is 1.24 bits per heavy atom. The smallest absolute Gasteiger partial charge is 0.257 e. The van der Waals surface area contributed by atoms with Crippen molar-refractivity contribution in [3.05, 3.63) is 70.4 Å². The number of benzene rings is 2. The molecule has 1 saturated heterocycles. The van der Waals surface area contributed by atoms with Crippen LogP contribution in [0.25, 0.3) is 0 Å². The Morgan fingerprint density at radius 2 is 1.97 bits per heavy atom. The lowest BCUT2D eigenvalue weighted by molar-refractivity contribution is -0.124. The Labute approximate surface area is 197 Å². The van der Waals surface area contributed by atoms with Crippen molar-refractivity contribution in [1.29, 1.82) is 0 Å². The number of methoxy groups -OCH3 is 1. The molecular formula is C23H24ClFN2O5S. The van der Waals surface area contributed by atoms with E-state index in [9.17, 15) is 22.4 Å². The fourth-order valence-electron chi connectivity index (χ4n) is 3.50. The Morgan fingerprint density at radius 3 is 2.67 bits per heavy atom. The minimum atomic E-state index is -3.58. The van der Waals surface area contributed by atoms with E-state index in [2.05, 4.69) is 5.32 Å². The zero-order valence-corrected chi connectivity index (χ0v) is 19.5. The highest BCUT2D eigenvalue weighted by atomic mass is 35.5. The summed E-state index contributed by atoms with van der Waals surface area (Å²) in [6.07, 6.45) is 2.29. The second-order valence-corrected chi connectivity index (χ2v) is 9.80. The van der Waals surface area contributed by atoms with Crippen molar-refractivity contribution >= 4 is 33.3 Å². The van der Waals surface area contributed by atoms with Gasteiger partial charge in [-0.05, 0) is 55.3 Å². The van der Waals surface area contributed by atoms with Gasteiger partial charge in [0.1, 0.15) is 11.6 Å². The number of hydrogen-bond donors (Lipinski definition) is 1. The fourth-order valence-corrected chi connectivity index (χ4v) is 4.69. The molecule has 0 saturated carbocycles. The van der Waals surface area contributed by atoms with Crippen LogP contribution < -0.4 is 10.1 Å². The molecule has 1 aliphatic heterocycles. The number of nitrogens with one attached hydrogen (secondary N) is 1. The summed E-state index contributed by atoms with van der Waals surface area (Å²) < 4.78 is 43.2. The van der Waals surface area contributed by atoms with E-state index in [-0.39, 0.29) is 35.2 Å². The highest BCUT2D eigenvalue weighted by Crippen LogP contribution is 2.25. The zero-order valence-electron chi connectivity index (χ0n) is 18.0. The van der Waals surface area contributed by atoms with Gasteiger partial charge in [-0.1, -0.05) is 17.7 Å². The van der Waals surface area contributed by atoms with Crippen LogP contribution >= 0.6 is 11.6 Å².